The first-order chi connectivity index (χ1) is 20.1. The van der Waals surface area contributed by atoms with Gasteiger partial charge in [0.1, 0.15) is 0 Å². The Morgan fingerprint density at radius 2 is 1.73 bits per heavy atom. The molecule has 1 aromatic heterocycles. The number of likely N-dealkylation sites (tertiary alicyclic amines) is 1. The monoisotopic (exact) mass is 565 g/mol. The molecule has 1 fully saturated rings. The molecule has 0 aliphatic carbocycles. The number of nitrogens with zero attached hydrogens (tertiary/aromatic N) is 3. The lowest BCUT2D eigenvalue weighted by molar-refractivity contribution is -0.120. The zero-order chi connectivity index (χ0) is 28.2. The second-order valence-corrected chi connectivity index (χ2v) is 11.6. The highest BCUT2D eigenvalue weighted by Gasteiger charge is 2.37. The van der Waals surface area contributed by atoms with E-state index in [1.165, 1.54) is 18.2 Å². The molecule has 0 bridgehead atoms. The van der Waals surface area contributed by atoms with Gasteiger partial charge in [0.05, 0.1) is 18.7 Å². The molecule has 8 nitrogen and oxygen atoms in total. The van der Waals surface area contributed by atoms with Crippen LogP contribution in [0.2, 0.25) is 0 Å². The normalized spacial score (nSPS) is 18.0. The van der Waals surface area contributed by atoms with Crippen LogP contribution in [0.5, 0.6) is 0 Å². The summed E-state index contributed by atoms with van der Waals surface area (Å²) >= 11 is 1.60. The van der Waals surface area contributed by atoms with Crippen LogP contribution in [0.3, 0.4) is 0 Å². The zero-order valence-electron chi connectivity index (χ0n) is 22.7. The molecule has 1 saturated heterocycles. The van der Waals surface area contributed by atoms with Crippen molar-refractivity contribution in [3.8, 4) is 0 Å². The van der Waals surface area contributed by atoms with Gasteiger partial charge in [-0.25, -0.2) is 14.8 Å². The molecule has 0 saturated carbocycles. The van der Waals surface area contributed by atoms with Gasteiger partial charge in [-0.2, -0.15) is 0 Å². The van der Waals surface area contributed by atoms with Crippen LogP contribution in [0, 0.1) is 0 Å². The Bertz CT molecular complexity index is 1550. The van der Waals surface area contributed by atoms with Crippen LogP contribution < -0.4 is 10.6 Å². The largest absolute Gasteiger partial charge is 0.465 e. The molecule has 3 heterocycles. The number of carbonyl (C=O) groups is 2. The van der Waals surface area contributed by atoms with Crippen molar-refractivity contribution in [1.82, 2.24) is 14.9 Å². The molecular formula is C32H31N5O3S. The van der Waals surface area contributed by atoms with Crippen LogP contribution in [0.1, 0.15) is 33.5 Å². The van der Waals surface area contributed by atoms with Crippen molar-refractivity contribution in [1.29, 1.82) is 0 Å². The number of benzene rings is 3. The predicted octanol–water partition coefficient (Wildman–Crippen LogP) is 5.48. The number of esters is 1. The van der Waals surface area contributed by atoms with Gasteiger partial charge in [0.25, 0.3) is 0 Å². The summed E-state index contributed by atoms with van der Waals surface area (Å²) in [6.07, 6.45) is 6.06. The number of methoxy groups -OCH3 is 1. The number of ether oxygens (including phenoxy) is 1. The molecule has 2 aliphatic heterocycles. The Morgan fingerprint density at radius 3 is 2.51 bits per heavy atom. The number of nitrogens with one attached hydrogen (secondary N) is 2. The molecule has 6 rings (SSSR count). The Balaban J connectivity index is 1.20. The third-order valence-electron chi connectivity index (χ3n) is 7.57. The molecule has 2 aliphatic rings. The number of rotatable bonds is 7. The van der Waals surface area contributed by atoms with E-state index >= 15 is 0 Å². The van der Waals surface area contributed by atoms with Crippen molar-refractivity contribution in [2.75, 3.05) is 24.3 Å². The Labute approximate surface area is 243 Å². The number of thioether (sulfide) groups is 1. The summed E-state index contributed by atoms with van der Waals surface area (Å²) in [5.74, 6) is -0.407. The van der Waals surface area contributed by atoms with E-state index in [0.29, 0.717) is 30.2 Å². The van der Waals surface area contributed by atoms with Gasteiger partial charge in [0, 0.05) is 47.8 Å². The minimum absolute atomic E-state index is 0.0396. The maximum Gasteiger partial charge on any atom is 0.337 e. The van der Waals surface area contributed by atoms with Gasteiger partial charge in [-0.15, -0.1) is 0 Å². The summed E-state index contributed by atoms with van der Waals surface area (Å²) in [6.45, 7) is 1.29. The second-order valence-electron chi connectivity index (χ2n) is 10.3. The zero-order valence-corrected chi connectivity index (χ0v) is 23.6. The van der Waals surface area contributed by atoms with E-state index in [1.807, 2.05) is 30.3 Å². The molecule has 0 unspecified atom stereocenters. The summed E-state index contributed by atoms with van der Waals surface area (Å²) in [6, 6.07) is 23.3. The highest BCUT2D eigenvalue weighted by molar-refractivity contribution is 7.99. The van der Waals surface area contributed by atoms with E-state index < -0.39 is 0 Å². The summed E-state index contributed by atoms with van der Waals surface area (Å²) in [4.78, 5) is 36.6. The first kappa shape index (κ1) is 27.0. The molecule has 0 spiro atoms. The van der Waals surface area contributed by atoms with E-state index in [-0.39, 0.29) is 23.2 Å². The summed E-state index contributed by atoms with van der Waals surface area (Å²) in [7, 11) is 1.37. The third-order valence-corrected chi connectivity index (χ3v) is 8.67. The van der Waals surface area contributed by atoms with Crippen LogP contribution in [0.25, 0.3) is 0 Å². The van der Waals surface area contributed by atoms with E-state index in [4.69, 9.17) is 4.74 Å². The van der Waals surface area contributed by atoms with Crippen LogP contribution in [0.4, 0.5) is 17.1 Å². The first-order valence-corrected chi connectivity index (χ1v) is 14.6. The molecule has 1 amide bonds. The number of fused-ring (bicyclic) bond motifs is 2. The highest BCUT2D eigenvalue weighted by Crippen LogP contribution is 2.34. The number of para-hydroxylation sites is 1. The lowest BCUT2D eigenvalue weighted by atomic mass is 10.0. The molecule has 41 heavy (non-hydrogen) atoms. The fourth-order valence-electron chi connectivity index (χ4n) is 5.48. The summed E-state index contributed by atoms with van der Waals surface area (Å²) in [5, 5.41) is 7.62. The number of aromatic nitrogens is 2. The Hall–Kier alpha value is -4.21. The quantitative estimate of drug-likeness (QED) is 0.225. The van der Waals surface area contributed by atoms with Gasteiger partial charge >= 0.3 is 5.97 Å². The minimum atomic E-state index is -0.368. The molecule has 208 valence electrons. The smallest absolute Gasteiger partial charge is 0.337 e. The van der Waals surface area contributed by atoms with E-state index in [9.17, 15) is 9.59 Å². The van der Waals surface area contributed by atoms with Gasteiger partial charge in [-0.05, 0) is 72.4 Å². The molecule has 4 aromatic rings. The molecular weight excluding hydrogens is 534 g/mol. The standard InChI is InChI=1S/C32H31N5O3S/c1-40-31(39)24-9-7-21(8-10-24)19-37-20-26(41-32-33-15-4-16-34-32)18-29(37)30(38)35-25-14-13-23-12-11-22-5-2-3-6-27(22)36-28(23)17-25/h2-10,13-17,26,29,36H,11-12,18-20H2,1H3,(H,35,38)/t26-,29-/m0/s1. The fourth-order valence-corrected chi connectivity index (χ4v) is 6.56. The molecule has 2 N–H and O–H groups in total. The number of aryl methyl sites for hydroxylation is 2. The average molecular weight is 566 g/mol. The first-order valence-electron chi connectivity index (χ1n) is 13.7. The number of hydrogen-bond donors (Lipinski definition) is 2. The van der Waals surface area contributed by atoms with Crippen molar-refractivity contribution in [3.63, 3.8) is 0 Å². The lowest BCUT2D eigenvalue weighted by Gasteiger charge is -2.24. The number of carbonyl (C=O) groups excluding carboxylic acids is 2. The Morgan fingerprint density at radius 1 is 0.976 bits per heavy atom. The van der Waals surface area contributed by atoms with E-state index in [1.54, 1.807) is 42.4 Å². The second kappa shape index (κ2) is 12.1. The molecule has 9 heteroatoms. The third kappa shape index (κ3) is 6.26. The van der Waals surface area contributed by atoms with Crippen molar-refractivity contribution in [3.05, 3.63) is 107 Å². The number of amides is 1. The Kier molecular flexibility index (Phi) is 7.98. The van der Waals surface area contributed by atoms with Crippen LogP contribution in [0.15, 0.2) is 90.3 Å². The van der Waals surface area contributed by atoms with Gasteiger partial charge in [0.15, 0.2) is 5.16 Å². The molecule has 0 radical (unpaired) electrons. The van der Waals surface area contributed by atoms with Crippen molar-refractivity contribution in [2.45, 2.75) is 42.3 Å². The van der Waals surface area contributed by atoms with E-state index in [0.717, 1.165) is 35.5 Å². The van der Waals surface area contributed by atoms with Crippen LogP contribution in [-0.2, 0) is 28.9 Å². The number of hydrogen-bond acceptors (Lipinski definition) is 8. The van der Waals surface area contributed by atoms with Crippen LogP contribution >= 0.6 is 11.8 Å². The SMILES string of the molecule is COC(=O)c1ccc(CN2C[C@@H](Sc3ncccn3)C[C@H]2C(=O)Nc2ccc3c(c2)Nc2ccccc2CC3)cc1. The topological polar surface area (TPSA) is 96.5 Å². The van der Waals surface area contributed by atoms with Crippen molar-refractivity contribution >= 4 is 40.7 Å². The van der Waals surface area contributed by atoms with Gasteiger partial charge in [0.2, 0.25) is 5.91 Å². The van der Waals surface area contributed by atoms with Crippen molar-refractivity contribution < 1.29 is 14.3 Å². The lowest BCUT2D eigenvalue weighted by Crippen LogP contribution is -2.39. The van der Waals surface area contributed by atoms with Crippen molar-refractivity contribution in [2.24, 2.45) is 0 Å². The van der Waals surface area contributed by atoms with E-state index in [2.05, 4.69) is 49.8 Å². The maximum atomic E-state index is 13.8. The minimum Gasteiger partial charge on any atom is -0.465 e. The summed E-state index contributed by atoms with van der Waals surface area (Å²) < 4.78 is 4.82. The number of anilines is 3. The maximum absolute atomic E-state index is 13.8. The van der Waals surface area contributed by atoms with Crippen LogP contribution in [-0.4, -0.2) is 51.7 Å². The fraction of sp³-hybridized carbons (Fsp3) is 0.250. The predicted molar refractivity (Wildman–Crippen MR) is 160 cm³/mol. The van der Waals surface area contributed by atoms with Gasteiger partial charge in [-0.1, -0.05) is 48.2 Å². The van der Waals surface area contributed by atoms with Gasteiger partial charge < -0.3 is 15.4 Å². The molecule has 3 aromatic carbocycles. The molecule has 2 atom stereocenters. The average Bonchev–Trinajstić information content (AvgIpc) is 3.29. The van der Waals surface area contributed by atoms with Gasteiger partial charge in [-0.3, -0.25) is 9.69 Å². The highest BCUT2D eigenvalue weighted by atomic mass is 32.2. The summed E-state index contributed by atoms with van der Waals surface area (Å²) in [5.41, 5.74) is 6.95.